The highest BCUT2D eigenvalue weighted by molar-refractivity contribution is 5.32. The van der Waals surface area contributed by atoms with Gasteiger partial charge in [-0.2, -0.15) is 0 Å². The average Bonchev–Trinajstić information content (AvgIpc) is 2.39. The third kappa shape index (κ3) is 3.83. The van der Waals surface area contributed by atoms with E-state index in [2.05, 4.69) is 50.8 Å². The van der Waals surface area contributed by atoms with E-state index in [-0.39, 0.29) is 6.10 Å². The number of aliphatic hydroxyl groups is 1. The summed E-state index contributed by atoms with van der Waals surface area (Å²) in [5.74, 6) is 1.66. The molecule has 0 saturated carbocycles. The van der Waals surface area contributed by atoms with Crippen molar-refractivity contribution in [3.05, 3.63) is 34.9 Å². The van der Waals surface area contributed by atoms with Crippen LogP contribution < -0.4 is 0 Å². The van der Waals surface area contributed by atoms with Crippen molar-refractivity contribution in [3.63, 3.8) is 0 Å². The summed E-state index contributed by atoms with van der Waals surface area (Å²) in [5, 5.41) is 10.5. The molecule has 1 aromatic carbocycles. The summed E-state index contributed by atoms with van der Waals surface area (Å²) in [6, 6.07) is 6.33. The van der Waals surface area contributed by atoms with Gasteiger partial charge < -0.3 is 10.0 Å². The maximum atomic E-state index is 10.5. The summed E-state index contributed by atoms with van der Waals surface area (Å²) < 4.78 is 0. The number of β-amino-alcohol motifs (C(OH)–C–C–N with tert-alkyl or cyclic N) is 1. The molecule has 1 N–H and O–H groups in total. The molecular formula is C18H29NO. The van der Waals surface area contributed by atoms with Crippen molar-refractivity contribution in [1.82, 2.24) is 4.90 Å². The van der Waals surface area contributed by atoms with E-state index in [1.165, 1.54) is 24.0 Å². The van der Waals surface area contributed by atoms with Crippen molar-refractivity contribution in [3.8, 4) is 0 Å². The van der Waals surface area contributed by atoms with Crippen molar-refractivity contribution >= 4 is 0 Å². The van der Waals surface area contributed by atoms with Crippen LogP contribution in [0.2, 0.25) is 0 Å². The lowest BCUT2D eigenvalue weighted by Gasteiger charge is -2.35. The van der Waals surface area contributed by atoms with Crippen LogP contribution in [-0.2, 0) is 0 Å². The first-order valence-electron chi connectivity index (χ1n) is 7.95. The Morgan fingerprint density at radius 1 is 1.20 bits per heavy atom. The highest BCUT2D eigenvalue weighted by Gasteiger charge is 2.23. The fraction of sp³-hybridized carbons (Fsp3) is 0.667. The van der Waals surface area contributed by atoms with Crippen LogP contribution in [0.5, 0.6) is 0 Å². The molecule has 0 amide bonds. The maximum absolute atomic E-state index is 10.5. The largest absolute Gasteiger partial charge is 0.387 e. The number of aliphatic hydroxyl groups excluding tert-OH is 1. The molecule has 1 unspecified atom stereocenters. The van der Waals surface area contributed by atoms with Gasteiger partial charge in [-0.1, -0.05) is 37.6 Å². The first kappa shape index (κ1) is 15.5. The lowest BCUT2D eigenvalue weighted by atomic mass is 9.86. The number of hydrogen-bond acceptors (Lipinski definition) is 2. The fourth-order valence-corrected chi connectivity index (χ4v) is 3.34. The summed E-state index contributed by atoms with van der Waals surface area (Å²) in [7, 11) is 0. The van der Waals surface area contributed by atoms with Gasteiger partial charge in [-0.15, -0.1) is 0 Å². The van der Waals surface area contributed by atoms with Gasteiger partial charge in [0.15, 0.2) is 0 Å². The predicted molar refractivity (Wildman–Crippen MR) is 84.9 cm³/mol. The zero-order valence-electron chi connectivity index (χ0n) is 13.4. The molecular weight excluding hydrogens is 246 g/mol. The molecule has 1 fully saturated rings. The van der Waals surface area contributed by atoms with E-state index in [1.54, 1.807) is 0 Å². The number of rotatable bonds is 4. The molecule has 0 spiro atoms. The Morgan fingerprint density at radius 3 is 2.40 bits per heavy atom. The standard InChI is InChI=1S/C18H29NO/c1-13(2)16-7-9-19(10-8-16)12-18(20)17-6-5-14(3)11-15(17)4/h5-6,11,13,16,18,20H,7-10,12H2,1-4H3. The van der Waals surface area contributed by atoms with E-state index in [9.17, 15) is 5.11 Å². The number of likely N-dealkylation sites (tertiary alicyclic amines) is 1. The van der Waals surface area contributed by atoms with Gasteiger partial charge >= 0.3 is 0 Å². The molecule has 1 atom stereocenters. The Kier molecular flexibility index (Phi) is 5.22. The van der Waals surface area contributed by atoms with Gasteiger partial charge in [-0.3, -0.25) is 0 Å². The van der Waals surface area contributed by atoms with Crippen molar-refractivity contribution in [2.75, 3.05) is 19.6 Å². The van der Waals surface area contributed by atoms with Crippen molar-refractivity contribution < 1.29 is 5.11 Å². The molecule has 1 saturated heterocycles. The molecule has 0 aliphatic carbocycles. The molecule has 0 aromatic heterocycles. The van der Waals surface area contributed by atoms with E-state index in [0.717, 1.165) is 37.0 Å². The minimum absolute atomic E-state index is 0.355. The van der Waals surface area contributed by atoms with E-state index >= 15 is 0 Å². The van der Waals surface area contributed by atoms with Gasteiger partial charge in [0, 0.05) is 6.54 Å². The number of hydrogen-bond donors (Lipinski definition) is 1. The van der Waals surface area contributed by atoms with Crippen LogP contribution in [0, 0.1) is 25.7 Å². The molecule has 1 aromatic rings. The van der Waals surface area contributed by atoms with Crippen molar-refractivity contribution in [1.29, 1.82) is 0 Å². The lowest BCUT2D eigenvalue weighted by Crippen LogP contribution is -2.37. The molecule has 0 bridgehead atoms. The highest BCUT2D eigenvalue weighted by atomic mass is 16.3. The number of benzene rings is 1. The second-order valence-electron chi connectivity index (χ2n) is 6.76. The van der Waals surface area contributed by atoms with Crippen LogP contribution in [0.25, 0.3) is 0 Å². The van der Waals surface area contributed by atoms with Crippen LogP contribution in [0.3, 0.4) is 0 Å². The highest BCUT2D eigenvalue weighted by Crippen LogP contribution is 2.26. The SMILES string of the molecule is Cc1ccc(C(O)CN2CCC(C(C)C)CC2)c(C)c1. The van der Waals surface area contributed by atoms with Crippen LogP contribution in [-0.4, -0.2) is 29.6 Å². The predicted octanol–water partition coefficient (Wildman–Crippen LogP) is 3.70. The second-order valence-corrected chi connectivity index (χ2v) is 6.76. The van der Waals surface area contributed by atoms with E-state index in [4.69, 9.17) is 0 Å². The van der Waals surface area contributed by atoms with E-state index in [1.807, 2.05) is 0 Å². The third-order valence-corrected chi connectivity index (χ3v) is 4.79. The molecule has 112 valence electrons. The second kappa shape index (κ2) is 6.73. The molecule has 2 nitrogen and oxygen atoms in total. The molecule has 20 heavy (non-hydrogen) atoms. The Balaban J connectivity index is 1.90. The third-order valence-electron chi connectivity index (χ3n) is 4.79. The van der Waals surface area contributed by atoms with Gasteiger partial charge in [-0.25, -0.2) is 0 Å². The summed E-state index contributed by atoms with van der Waals surface area (Å²) in [5.41, 5.74) is 3.55. The molecule has 0 radical (unpaired) electrons. The average molecular weight is 275 g/mol. The topological polar surface area (TPSA) is 23.5 Å². The molecule has 1 aliphatic rings. The molecule has 2 heteroatoms. The monoisotopic (exact) mass is 275 g/mol. The normalized spacial score (nSPS) is 19.5. The van der Waals surface area contributed by atoms with Crippen LogP contribution >= 0.6 is 0 Å². The van der Waals surface area contributed by atoms with E-state index in [0.29, 0.717) is 0 Å². The van der Waals surface area contributed by atoms with Gasteiger partial charge in [-0.05, 0) is 62.7 Å². The Hall–Kier alpha value is -0.860. The smallest absolute Gasteiger partial charge is 0.0919 e. The number of piperidine rings is 1. The minimum atomic E-state index is -0.355. The zero-order valence-corrected chi connectivity index (χ0v) is 13.4. The van der Waals surface area contributed by atoms with Gasteiger partial charge in [0.05, 0.1) is 6.10 Å². The molecule has 2 rings (SSSR count). The molecule has 1 aliphatic heterocycles. The summed E-state index contributed by atoms with van der Waals surface area (Å²) in [4.78, 5) is 2.42. The van der Waals surface area contributed by atoms with Gasteiger partial charge in [0.25, 0.3) is 0 Å². The summed E-state index contributed by atoms with van der Waals surface area (Å²) in [6.45, 7) is 11.9. The Morgan fingerprint density at radius 2 is 1.85 bits per heavy atom. The maximum Gasteiger partial charge on any atom is 0.0919 e. The van der Waals surface area contributed by atoms with Gasteiger partial charge in [0.1, 0.15) is 0 Å². The van der Waals surface area contributed by atoms with E-state index < -0.39 is 0 Å². The Labute approximate surface area is 123 Å². The van der Waals surface area contributed by atoms with Crippen LogP contribution in [0.4, 0.5) is 0 Å². The number of nitrogens with zero attached hydrogens (tertiary/aromatic N) is 1. The van der Waals surface area contributed by atoms with Crippen LogP contribution in [0.1, 0.15) is 49.5 Å². The van der Waals surface area contributed by atoms with Gasteiger partial charge in [0.2, 0.25) is 0 Å². The fourth-order valence-electron chi connectivity index (χ4n) is 3.34. The van der Waals surface area contributed by atoms with Crippen molar-refractivity contribution in [2.24, 2.45) is 11.8 Å². The minimum Gasteiger partial charge on any atom is -0.387 e. The number of aryl methyl sites for hydroxylation is 2. The van der Waals surface area contributed by atoms with Crippen molar-refractivity contribution in [2.45, 2.75) is 46.6 Å². The lowest BCUT2D eigenvalue weighted by molar-refractivity contribution is 0.0815. The summed E-state index contributed by atoms with van der Waals surface area (Å²) >= 11 is 0. The first-order valence-corrected chi connectivity index (χ1v) is 7.95. The Bertz CT molecular complexity index is 433. The summed E-state index contributed by atoms with van der Waals surface area (Å²) in [6.07, 6.45) is 2.19. The van der Waals surface area contributed by atoms with Crippen LogP contribution in [0.15, 0.2) is 18.2 Å². The quantitative estimate of drug-likeness (QED) is 0.905. The molecule has 1 heterocycles. The zero-order chi connectivity index (χ0) is 14.7. The first-order chi connectivity index (χ1) is 9.47.